The van der Waals surface area contributed by atoms with E-state index in [0.29, 0.717) is 0 Å². The number of H-pyrrole nitrogens is 1. The van der Waals surface area contributed by atoms with Gasteiger partial charge in [0.15, 0.2) is 0 Å². The molecule has 2 N–H and O–H groups in total. The van der Waals surface area contributed by atoms with E-state index in [9.17, 15) is 34.1 Å². The van der Waals surface area contributed by atoms with Crippen LogP contribution in [0.1, 0.15) is 26.3 Å². The Bertz CT molecular complexity index is 1360. The monoisotopic (exact) mass is 547 g/mol. The van der Waals surface area contributed by atoms with Gasteiger partial charge in [-0.2, -0.15) is 0 Å². The minimum Gasteiger partial charge on any atom is -0.444 e. The largest absolute Gasteiger partial charge is 0.513 e. The number of nitro groups is 1. The van der Waals surface area contributed by atoms with Gasteiger partial charge in [-0.1, -0.05) is 0 Å². The number of nitrogens with one attached hydrogen (secondary N) is 2. The molecule has 1 aromatic carbocycles. The average molecular weight is 548 g/mol. The van der Waals surface area contributed by atoms with E-state index in [1.54, 1.807) is 20.8 Å². The first-order valence-electron chi connectivity index (χ1n) is 11.9. The van der Waals surface area contributed by atoms with Crippen LogP contribution in [0.15, 0.2) is 40.1 Å². The number of ether oxygens (including phenoxy) is 3. The summed E-state index contributed by atoms with van der Waals surface area (Å²) >= 11 is 0. The summed E-state index contributed by atoms with van der Waals surface area (Å²) in [4.78, 5) is 75.0. The lowest BCUT2D eigenvalue weighted by Crippen LogP contribution is -2.45. The van der Waals surface area contributed by atoms with Crippen LogP contribution in [0.4, 0.5) is 15.3 Å². The summed E-state index contributed by atoms with van der Waals surface area (Å²) in [5.41, 5.74) is -1.99. The highest BCUT2D eigenvalue weighted by atomic mass is 16.7. The molecular weight excluding hydrogens is 518 g/mol. The van der Waals surface area contributed by atoms with Crippen molar-refractivity contribution < 1.29 is 33.5 Å². The van der Waals surface area contributed by atoms with Crippen LogP contribution < -0.4 is 21.3 Å². The third-order valence-corrected chi connectivity index (χ3v) is 5.65. The van der Waals surface area contributed by atoms with Crippen LogP contribution in [-0.4, -0.2) is 68.9 Å². The first-order chi connectivity index (χ1) is 18.2. The van der Waals surface area contributed by atoms with Gasteiger partial charge < -0.3 is 24.4 Å². The summed E-state index contributed by atoms with van der Waals surface area (Å²) in [6, 6.07) is 4.15. The number of hydrogen-bond acceptors (Lipinski definition) is 10. The maximum absolute atomic E-state index is 13.0. The normalized spacial score (nSPS) is 16.9. The van der Waals surface area contributed by atoms with Crippen molar-refractivity contribution in [2.45, 2.75) is 45.9 Å². The zero-order valence-electron chi connectivity index (χ0n) is 21.8. The summed E-state index contributed by atoms with van der Waals surface area (Å²) < 4.78 is 16.6. The van der Waals surface area contributed by atoms with Gasteiger partial charge in [0, 0.05) is 42.9 Å². The van der Waals surface area contributed by atoms with Crippen LogP contribution in [0.5, 0.6) is 5.75 Å². The number of aromatic amines is 1. The van der Waals surface area contributed by atoms with Gasteiger partial charge in [0.1, 0.15) is 24.5 Å². The molecule has 2 unspecified atom stereocenters. The van der Waals surface area contributed by atoms with Crippen molar-refractivity contribution in [3.05, 3.63) is 67.0 Å². The summed E-state index contributed by atoms with van der Waals surface area (Å²) in [6.45, 7) is 6.08. The predicted octanol–water partition coefficient (Wildman–Crippen LogP) is 1.32. The van der Waals surface area contributed by atoms with E-state index in [1.165, 1.54) is 42.3 Å². The number of likely N-dealkylation sites (tertiary alicyclic amines) is 1. The highest BCUT2D eigenvalue weighted by Gasteiger charge is 2.38. The summed E-state index contributed by atoms with van der Waals surface area (Å²) in [7, 11) is 0. The van der Waals surface area contributed by atoms with E-state index in [0.717, 1.165) is 4.57 Å². The molecule has 1 aliphatic rings. The topological polar surface area (TPSA) is 192 Å². The van der Waals surface area contributed by atoms with Crippen molar-refractivity contribution in [2.24, 2.45) is 5.92 Å². The number of amides is 2. The van der Waals surface area contributed by atoms with Crippen LogP contribution in [0.3, 0.4) is 0 Å². The molecule has 210 valence electrons. The number of aromatic nitrogens is 2. The molecule has 15 nitrogen and oxygen atoms in total. The first-order valence-corrected chi connectivity index (χ1v) is 11.9. The van der Waals surface area contributed by atoms with Gasteiger partial charge in [0.2, 0.25) is 5.91 Å². The lowest BCUT2D eigenvalue weighted by atomic mass is 10.1. The molecule has 0 radical (unpaired) electrons. The Balaban J connectivity index is 1.67. The van der Waals surface area contributed by atoms with E-state index in [4.69, 9.17) is 14.2 Å². The van der Waals surface area contributed by atoms with Crippen LogP contribution in [0.2, 0.25) is 0 Å². The van der Waals surface area contributed by atoms with Gasteiger partial charge in [0.05, 0.1) is 11.0 Å². The minimum atomic E-state index is -1.08. The van der Waals surface area contributed by atoms with E-state index >= 15 is 0 Å². The third-order valence-electron chi connectivity index (χ3n) is 5.65. The molecule has 3 rings (SSSR count). The van der Waals surface area contributed by atoms with E-state index in [1.807, 2.05) is 0 Å². The number of carbonyl (C=O) groups excluding carboxylic acids is 3. The van der Waals surface area contributed by atoms with Gasteiger partial charge >= 0.3 is 17.9 Å². The Morgan fingerprint density at radius 3 is 2.44 bits per heavy atom. The Morgan fingerprint density at radius 1 is 1.15 bits per heavy atom. The lowest BCUT2D eigenvalue weighted by Gasteiger charge is -2.24. The van der Waals surface area contributed by atoms with Gasteiger partial charge in [-0.05, 0) is 39.8 Å². The predicted molar refractivity (Wildman–Crippen MR) is 134 cm³/mol. The number of non-ortho nitro benzene ring substituents is 1. The molecule has 0 aliphatic carbocycles. The number of aryl methyl sites for hydroxylation is 1. The molecule has 1 aliphatic heterocycles. The van der Waals surface area contributed by atoms with Gasteiger partial charge in [0.25, 0.3) is 11.2 Å². The lowest BCUT2D eigenvalue weighted by molar-refractivity contribution is -0.384. The molecule has 2 heterocycles. The molecule has 2 aromatic rings. The molecule has 2 amide bonds. The molecule has 1 saturated heterocycles. The van der Waals surface area contributed by atoms with Gasteiger partial charge in [-0.15, -0.1) is 0 Å². The highest BCUT2D eigenvalue weighted by Crippen LogP contribution is 2.21. The molecule has 0 bridgehead atoms. The van der Waals surface area contributed by atoms with Crippen molar-refractivity contribution in [3.8, 4) is 5.75 Å². The second kappa shape index (κ2) is 11.8. The van der Waals surface area contributed by atoms with Crippen LogP contribution >= 0.6 is 0 Å². The molecular formula is C24H29N5O10. The van der Waals surface area contributed by atoms with Gasteiger partial charge in [-0.25, -0.2) is 14.4 Å². The number of rotatable bonds is 7. The molecule has 0 saturated carbocycles. The minimum absolute atomic E-state index is 0.0268. The number of nitro benzene ring substituents is 1. The zero-order chi connectivity index (χ0) is 28.9. The second-order valence-electron chi connectivity index (χ2n) is 9.92. The number of nitrogens with zero attached hydrogens (tertiary/aromatic N) is 3. The molecule has 0 spiro atoms. The molecule has 1 aromatic heterocycles. The van der Waals surface area contributed by atoms with Crippen molar-refractivity contribution >= 4 is 23.8 Å². The number of carbonyl (C=O) groups is 3. The zero-order valence-corrected chi connectivity index (χ0v) is 21.8. The number of alkyl carbamates (subject to hydrolysis) is 1. The van der Waals surface area contributed by atoms with Crippen molar-refractivity contribution in [2.75, 3.05) is 19.7 Å². The molecule has 1 fully saturated rings. The second-order valence-corrected chi connectivity index (χ2v) is 9.92. The fourth-order valence-electron chi connectivity index (χ4n) is 3.78. The highest BCUT2D eigenvalue weighted by molar-refractivity contribution is 5.77. The van der Waals surface area contributed by atoms with E-state index < -0.39 is 51.9 Å². The smallest absolute Gasteiger partial charge is 0.444 e. The third kappa shape index (κ3) is 8.15. The average Bonchev–Trinajstić information content (AvgIpc) is 3.22. The van der Waals surface area contributed by atoms with E-state index in [-0.39, 0.29) is 43.2 Å². The van der Waals surface area contributed by atoms with Crippen LogP contribution in [0, 0.1) is 23.0 Å². The van der Waals surface area contributed by atoms with E-state index in [2.05, 4.69) is 10.3 Å². The summed E-state index contributed by atoms with van der Waals surface area (Å²) in [5, 5.41) is 13.5. The fraction of sp³-hybridized carbons (Fsp3) is 0.458. The Hall–Kier alpha value is -4.69. The number of hydrogen-bond donors (Lipinski definition) is 2. The van der Waals surface area contributed by atoms with Crippen LogP contribution in [0.25, 0.3) is 0 Å². The Morgan fingerprint density at radius 2 is 1.82 bits per heavy atom. The van der Waals surface area contributed by atoms with Crippen molar-refractivity contribution in [1.29, 1.82) is 0 Å². The van der Waals surface area contributed by atoms with Crippen LogP contribution in [-0.2, 0) is 20.8 Å². The fourth-order valence-corrected chi connectivity index (χ4v) is 3.78. The molecule has 15 heteroatoms. The Kier molecular flexibility index (Phi) is 8.73. The first kappa shape index (κ1) is 28.9. The SMILES string of the molecule is Cc1cn(CC(=O)N2CC(COC(=O)Oc3ccc([N+](=O)[O-])cc3)C(NC(=O)OC(C)(C)C)C2)c(=O)[nH]c1=O. The Labute approximate surface area is 221 Å². The maximum Gasteiger partial charge on any atom is 0.513 e. The van der Waals surface area contributed by atoms with Gasteiger partial charge in [-0.3, -0.25) is 29.3 Å². The van der Waals surface area contributed by atoms with Crippen molar-refractivity contribution in [1.82, 2.24) is 19.8 Å². The number of benzene rings is 1. The van der Waals surface area contributed by atoms with Crippen molar-refractivity contribution in [3.63, 3.8) is 0 Å². The quantitative estimate of drug-likeness (QED) is 0.221. The standard InChI is InChI=1S/C24H29N5O10/c1-14-9-28(21(32)26-20(14)31)12-19(30)27-10-15(18(11-27)25-22(33)39-24(2,3)4)13-37-23(34)38-17-7-5-16(6-8-17)29(35)36/h5-9,15,18H,10-13H2,1-4H3,(H,25,33)(H,26,31,32). The summed E-state index contributed by atoms with van der Waals surface area (Å²) in [5.74, 6) is -0.991. The molecule has 39 heavy (non-hydrogen) atoms. The molecule has 2 atom stereocenters. The maximum atomic E-state index is 13.0. The summed E-state index contributed by atoms with van der Waals surface area (Å²) in [6.07, 6.45) is -0.534.